The zero-order chi connectivity index (χ0) is 27.2. The third kappa shape index (κ3) is 6.43. The van der Waals surface area contributed by atoms with E-state index in [0.29, 0.717) is 18.0 Å². The van der Waals surface area contributed by atoms with Crippen LogP contribution < -0.4 is 29.0 Å². The number of hydrogen-bond acceptors (Lipinski definition) is 8. The molecule has 0 fully saturated rings. The predicted octanol–water partition coefficient (Wildman–Crippen LogP) is 3.06. The molecule has 0 bridgehead atoms. The maximum atomic E-state index is 12.9. The van der Waals surface area contributed by atoms with Crippen LogP contribution in [0.4, 0.5) is 11.4 Å². The Morgan fingerprint density at radius 2 is 1.32 bits per heavy atom. The second-order valence-electron chi connectivity index (χ2n) is 7.52. The summed E-state index contributed by atoms with van der Waals surface area (Å²) in [7, 11) is -3.91. The summed E-state index contributed by atoms with van der Waals surface area (Å²) in [5.74, 6) is 0.461. The van der Waals surface area contributed by atoms with Gasteiger partial charge in [-0.05, 0) is 61.5 Å². The number of benzene rings is 3. The first-order chi connectivity index (χ1) is 17.5. The van der Waals surface area contributed by atoms with Crippen molar-refractivity contribution >= 4 is 37.3 Å². The summed E-state index contributed by atoms with van der Waals surface area (Å²) in [6.07, 6.45) is 0. The van der Waals surface area contributed by atoms with Gasteiger partial charge < -0.3 is 19.5 Å². The minimum Gasteiger partial charge on any atom is -0.497 e. The molecule has 13 heteroatoms. The van der Waals surface area contributed by atoms with Gasteiger partial charge in [-0.25, -0.2) is 16.8 Å². The molecule has 3 rings (SSSR count). The van der Waals surface area contributed by atoms with Crippen molar-refractivity contribution < 1.29 is 35.8 Å². The average Bonchev–Trinajstić information content (AvgIpc) is 2.88. The number of nitrogens with one attached hydrogen (secondary N) is 3. The van der Waals surface area contributed by atoms with Crippen molar-refractivity contribution in [2.24, 2.45) is 0 Å². The van der Waals surface area contributed by atoms with Crippen molar-refractivity contribution in [2.45, 2.75) is 16.7 Å². The standard InChI is InChI=1S/C24H27N3O8S2/c1-5-25-24(28)20-15-19(11-13-22(20)34-3)37(31,32)26-16-6-9-18(10-7-16)36(29,30)27-21-14-17(33-2)8-12-23(21)35-4/h6-15,26-27H,5H2,1-4H3,(H,25,28). The minimum atomic E-state index is -4.10. The summed E-state index contributed by atoms with van der Waals surface area (Å²) >= 11 is 0. The molecular weight excluding hydrogens is 522 g/mol. The molecule has 0 saturated heterocycles. The number of ether oxygens (including phenoxy) is 3. The van der Waals surface area contributed by atoms with Gasteiger partial charge in [0.2, 0.25) is 0 Å². The highest BCUT2D eigenvalue weighted by Gasteiger charge is 2.21. The van der Waals surface area contributed by atoms with Crippen LogP contribution in [0.5, 0.6) is 17.2 Å². The Morgan fingerprint density at radius 1 is 0.730 bits per heavy atom. The number of amides is 1. The molecule has 0 spiro atoms. The van der Waals surface area contributed by atoms with E-state index in [-0.39, 0.29) is 32.5 Å². The Labute approximate surface area is 215 Å². The van der Waals surface area contributed by atoms with E-state index in [1.54, 1.807) is 19.1 Å². The van der Waals surface area contributed by atoms with Crippen LogP contribution in [0.15, 0.2) is 70.5 Å². The normalized spacial score (nSPS) is 11.4. The summed E-state index contributed by atoms with van der Waals surface area (Å²) in [5, 5.41) is 2.60. The highest BCUT2D eigenvalue weighted by molar-refractivity contribution is 7.93. The topological polar surface area (TPSA) is 149 Å². The predicted molar refractivity (Wildman–Crippen MR) is 139 cm³/mol. The lowest BCUT2D eigenvalue weighted by Crippen LogP contribution is -2.24. The van der Waals surface area contributed by atoms with E-state index in [1.807, 2.05) is 0 Å². The van der Waals surface area contributed by atoms with Gasteiger partial charge in [-0.3, -0.25) is 14.2 Å². The lowest BCUT2D eigenvalue weighted by molar-refractivity contribution is 0.0952. The fourth-order valence-electron chi connectivity index (χ4n) is 3.30. The molecule has 0 radical (unpaired) electrons. The molecule has 3 aromatic carbocycles. The fourth-order valence-corrected chi connectivity index (χ4v) is 5.45. The van der Waals surface area contributed by atoms with Crippen molar-refractivity contribution in [2.75, 3.05) is 37.3 Å². The smallest absolute Gasteiger partial charge is 0.262 e. The zero-order valence-corrected chi connectivity index (χ0v) is 22.2. The number of rotatable bonds is 11. The maximum absolute atomic E-state index is 12.9. The molecule has 11 nitrogen and oxygen atoms in total. The Bertz CT molecular complexity index is 1490. The third-order valence-electron chi connectivity index (χ3n) is 5.13. The fraction of sp³-hybridized carbons (Fsp3) is 0.208. The van der Waals surface area contributed by atoms with Gasteiger partial charge in [-0.15, -0.1) is 0 Å². The first-order valence-electron chi connectivity index (χ1n) is 10.9. The van der Waals surface area contributed by atoms with Gasteiger partial charge in [0.05, 0.1) is 42.4 Å². The largest absolute Gasteiger partial charge is 0.497 e. The van der Waals surface area contributed by atoms with E-state index in [2.05, 4.69) is 14.8 Å². The van der Waals surface area contributed by atoms with Gasteiger partial charge in [0.15, 0.2) is 0 Å². The maximum Gasteiger partial charge on any atom is 0.262 e. The monoisotopic (exact) mass is 549 g/mol. The zero-order valence-electron chi connectivity index (χ0n) is 20.6. The van der Waals surface area contributed by atoms with Crippen LogP contribution in [-0.2, 0) is 20.0 Å². The second-order valence-corrected chi connectivity index (χ2v) is 10.9. The Kier molecular flexibility index (Phi) is 8.50. The van der Waals surface area contributed by atoms with Gasteiger partial charge in [0.25, 0.3) is 26.0 Å². The number of sulfonamides is 2. The van der Waals surface area contributed by atoms with Crippen molar-refractivity contribution in [3.8, 4) is 17.2 Å². The van der Waals surface area contributed by atoms with Gasteiger partial charge in [0, 0.05) is 18.3 Å². The molecule has 0 saturated carbocycles. The molecule has 37 heavy (non-hydrogen) atoms. The van der Waals surface area contributed by atoms with E-state index in [4.69, 9.17) is 14.2 Å². The number of anilines is 2. The lowest BCUT2D eigenvalue weighted by atomic mass is 10.2. The third-order valence-corrected chi connectivity index (χ3v) is 7.89. The van der Waals surface area contributed by atoms with Crippen LogP contribution >= 0.6 is 0 Å². The van der Waals surface area contributed by atoms with Crippen molar-refractivity contribution in [3.63, 3.8) is 0 Å². The molecule has 0 aliphatic rings. The second kappa shape index (κ2) is 11.4. The van der Waals surface area contributed by atoms with Crippen LogP contribution in [-0.4, -0.2) is 50.6 Å². The number of methoxy groups -OCH3 is 3. The van der Waals surface area contributed by atoms with Crippen LogP contribution in [0.3, 0.4) is 0 Å². The average molecular weight is 550 g/mol. The molecule has 0 atom stereocenters. The molecule has 3 aromatic rings. The van der Waals surface area contributed by atoms with Crippen molar-refractivity contribution in [3.05, 3.63) is 66.2 Å². The van der Waals surface area contributed by atoms with E-state index in [0.717, 1.165) is 0 Å². The molecule has 0 aliphatic heterocycles. The SMILES string of the molecule is CCNC(=O)c1cc(S(=O)(=O)Nc2ccc(S(=O)(=O)Nc3cc(OC)ccc3OC)cc2)ccc1OC. The van der Waals surface area contributed by atoms with Crippen LogP contribution in [0.1, 0.15) is 17.3 Å². The minimum absolute atomic E-state index is 0.0627. The lowest BCUT2D eigenvalue weighted by Gasteiger charge is -2.14. The molecule has 0 heterocycles. The molecule has 0 unspecified atom stereocenters. The van der Waals surface area contributed by atoms with Crippen molar-refractivity contribution in [1.82, 2.24) is 5.32 Å². The van der Waals surface area contributed by atoms with Gasteiger partial charge >= 0.3 is 0 Å². The summed E-state index contributed by atoms with van der Waals surface area (Å²) < 4.78 is 72.0. The number of carbonyl (C=O) groups excluding carboxylic acids is 1. The highest BCUT2D eigenvalue weighted by Crippen LogP contribution is 2.31. The van der Waals surface area contributed by atoms with Gasteiger partial charge in [0.1, 0.15) is 17.2 Å². The van der Waals surface area contributed by atoms with Crippen molar-refractivity contribution in [1.29, 1.82) is 0 Å². The van der Waals surface area contributed by atoms with Gasteiger partial charge in [-0.2, -0.15) is 0 Å². The molecular formula is C24H27N3O8S2. The first-order valence-corrected chi connectivity index (χ1v) is 13.8. The molecule has 0 aromatic heterocycles. The summed E-state index contributed by atoms with van der Waals surface area (Å²) in [4.78, 5) is 12.0. The number of carbonyl (C=O) groups is 1. The van der Waals surface area contributed by atoms with Crippen LogP contribution in [0.2, 0.25) is 0 Å². The van der Waals surface area contributed by atoms with E-state index < -0.39 is 26.0 Å². The summed E-state index contributed by atoms with van der Waals surface area (Å²) in [5.41, 5.74) is 0.357. The first kappa shape index (κ1) is 27.6. The van der Waals surface area contributed by atoms with E-state index >= 15 is 0 Å². The quantitative estimate of drug-likeness (QED) is 0.330. The highest BCUT2D eigenvalue weighted by atomic mass is 32.2. The van der Waals surface area contributed by atoms with Gasteiger partial charge in [-0.1, -0.05) is 0 Å². The van der Waals surface area contributed by atoms with E-state index in [9.17, 15) is 21.6 Å². The number of hydrogen-bond donors (Lipinski definition) is 3. The Balaban J connectivity index is 1.84. The Hall–Kier alpha value is -3.97. The molecule has 0 aliphatic carbocycles. The summed E-state index contributed by atoms with van der Waals surface area (Å²) in [6.45, 7) is 2.09. The van der Waals surface area contributed by atoms with Crippen LogP contribution in [0.25, 0.3) is 0 Å². The molecule has 1 amide bonds. The Morgan fingerprint density at radius 3 is 1.92 bits per heavy atom. The molecule has 198 valence electrons. The molecule has 3 N–H and O–H groups in total. The van der Waals surface area contributed by atoms with E-state index in [1.165, 1.54) is 69.9 Å². The van der Waals surface area contributed by atoms with Crippen LogP contribution in [0, 0.1) is 0 Å². The summed E-state index contributed by atoms with van der Waals surface area (Å²) in [6, 6.07) is 13.7.